The molecule has 2 aromatic heterocycles. The van der Waals surface area contributed by atoms with Gasteiger partial charge in [0, 0.05) is 0 Å². The molecule has 0 N–H and O–H groups in total. The second-order valence-corrected chi connectivity index (χ2v) is 8.26. The van der Waals surface area contributed by atoms with Gasteiger partial charge in [-0.05, 0) is 35.4 Å². The molecule has 0 fully saturated rings. The summed E-state index contributed by atoms with van der Waals surface area (Å²) in [6.45, 7) is 0.713. The molecule has 0 amide bonds. The van der Waals surface area contributed by atoms with Crippen molar-refractivity contribution in [3.63, 3.8) is 0 Å². The summed E-state index contributed by atoms with van der Waals surface area (Å²) < 4.78 is 6.55. The molecule has 160 valence electrons. The van der Waals surface area contributed by atoms with Crippen molar-refractivity contribution in [1.29, 1.82) is 0 Å². The van der Waals surface area contributed by atoms with Crippen LogP contribution in [-0.2, 0) is 17.8 Å². The molecule has 31 heavy (non-hydrogen) atoms. The number of nitrogens with zero attached hydrogens (tertiary/aromatic N) is 6. The largest absolute Gasteiger partial charge is 0.362 e. The van der Waals surface area contributed by atoms with Gasteiger partial charge in [-0.25, -0.2) is 0 Å². The maximum atomic E-state index is 6.55. The number of hydrogen-bond acceptors (Lipinski definition) is 5. The number of benzene rings is 2. The number of ether oxygens (including phenoxy) is 1. The first-order valence-electron chi connectivity index (χ1n) is 9.23. The van der Waals surface area contributed by atoms with Crippen LogP contribution in [0, 0.1) is 0 Å². The highest BCUT2D eigenvalue weighted by molar-refractivity contribution is 6.42. The van der Waals surface area contributed by atoms with Crippen LogP contribution in [-0.4, -0.2) is 30.0 Å². The van der Waals surface area contributed by atoms with Crippen molar-refractivity contribution in [2.75, 3.05) is 0 Å². The lowest BCUT2D eigenvalue weighted by molar-refractivity contribution is -0.0392. The predicted molar refractivity (Wildman–Crippen MR) is 120 cm³/mol. The summed E-state index contributed by atoms with van der Waals surface area (Å²) in [6.07, 6.45) is 5.53. The molecule has 0 aliphatic carbocycles. The average molecular weight is 498 g/mol. The van der Waals surface area contributed by atoms with Gasteiger partial charge in [0.25, 0.3) is 0 Å². The maximum absolute atomic E-state index is 6.55. The van der Waals surface area contributed by atoms with E-state index < -0.39 is 12.2 Å². The van der Waals surface area contributed by atoms with Crippen molar-refractivity contribution < 1.29 is 4.74 Å². The molecule has 2 heterocycles. The molecule has 0 bridgehead atoms. The van der Waals surface area contributed by atoms with E-state index in [4.69, 9.17) is 51.1 Å². The normalized spacial score (nSPS) is 13.3. The Morgan fingerprint density at radius 3 is 1.35 bits per heavy atom. The molecular formula is C20H16Cl4N6O. The van der Waals surface area contributed by atoms with Gasteiger partial charge in [0.05, 0.1) is 58.0 Å². The molecule has 0 aliphatic rings. The lowest BCUT2D eigenvalue weighted by Crippen LogP contribution is -2.21. The number of halogens is 4. The second kappa shape index (κ2) is 9.97. The van der Waals surface area contributed by atoms with Crippen LogP contribution in [0.25, 0.3) is 0 Å². The quantitative estimate of drug-likeness (QED) is 0.313. The highest BCUT2D eigenvalue weighted by atomic mass is 35.5. The molecule has 0 saturated heterocycles. The van der Waals surface area contributed by atoms with Crippen LogP contribution in [0.15, 0.2) is 61.2 Å². The summed E-state index contributed by atoms with van der Waals surface area (Å²) in [5.74, 6) is 0. The molecule has 0 saturated carbocycles. The molecule has 0 aliphatic heterocycles. The zero-order valence-electron chi connectivity index (χ0n) is 15.9. The van der Waals surface area contributed by atoms with Crippen LogP contribution in [0.2, 0.25) is 20.1 Å². The van der Waals surface area contributed by atoms with E-state index in [1.54, 1.807) is 58.6 Å². The van der Waals surface area contributed by atoms with Crippen molar-refractivity contribution in [3.8, 4) is 0 Å². The van der Waals surface area contributed by atoms with Gasteiger partial charge < -0.3 is 4.74 Å². The minimum atomic E-state index is -0.447. The fraction of sp³-hybridized carbons (Fsp3) is 0.200. The van der Waals surface area contributed by atoms with Crippen molar-refractivity contribution >= 4 is 46.4 Å². The second-order valence-electron chi connectivity index (χ2n) is 6.63. The highest BCUT2D eigenvalue weighted by Gasteiger charge is 2.24. The van der Waals surface area contributed by atoms with E-state index in [1.165, 1.54) is 0 Å². The van der Waals surface area contributed by atoms with E-state index in [0.717, 1.165) is 11.1 Å². The Balaban J connectivity index is 1.69. The van der Waals surface area contributed by atoms with Crippen molar-refractivity contribution in [2.24, 2.45) is 0 Å². The Morgan fingerprint density at radius 1 is 0.613 bits per heavy atom. The van der Waals surface area contributed by atoms with Crippen LogP contribution in [0.4, 0.5) is 0 Å². The zero-order valence-corrected chi connectivity index (χ0v) is 19.0. The SMILES string of the molecule is Clc1ccc([C@H](Cn2nccn2)O[C@@H](Cn2nccn2)c2ccc(Cl)c(Cl)c2)cc1Cl. The summed E-state index contributed by atoms with van der Waals surface area (Å²) in [7, 11) is 0. The van der Waals surface area contributed by atoms with Gasteiger partial charge in [-0.15, -0.1) is 0 Å². The average Bonchev–Trinajstić information content (AvgIpc) is 3.45. The van der Waals surface area contributed by atoms with Crippen molar-refractivity contribution in [3.05, 3.63) is 92.4 Å². The third kappa shape index (κ3) is 5.56. The van der Waals surface area contributed by atoms with Crippen LogP contribution in [0.5, 0.6) is 0 Å². The van der Waals surface area contributed by atoms with E-state index in [1.807, 2.05) is 12.1 Å². The molecule has 4 aromatic rings. The van der Waals surface area contributed by atoms with E-state index in [2.05, 4.69) is 20.4 Å². The first-order chi connectivity index (χ1) is 15.0. The maximum Gasteiger partial charge on any atom is 0.105 e. The van der Waals surface area contributed by atoms with Crippen molar-refractivity contribution in [1.82, 2.24) is 30.0 Å². The Morgan fingerprint density at radius 2 is 1.00 bits per heavy atom. The third-order valence-corrected chi connectivity index (χ3v) is 6.03. The van der Waals surface area contributed by atoms with Crippen LogP contribution in [0.3, 0.4) is 0 Å². The van der Waals surface area contributed by atoms with Gasteiger partial charge in [0.1, 0.15) is 12.2 Å². The minimum Gasteiger partial charge on any atom is -0.362 e. The summed E-state index contributed by atoms with van der Waals surface area (Å²) in [6, 6.07) is 10.7. The molecule has 0 spiro atoms. The number of hydrogen-bond donors (Lipinski definition) is 0. The molecule has 0 unspecified atom stereocenters. The molecule has 4 rings (SSSR count). The van der Waals surface area contributed by atoms with Gasteiger partial charge in [-0.2, -0.15) is 30.0 Å². The van der Waals surface area contributed by atoms with Gasteiger partial charge in [-0.1, -0.05) is 58.5 Å². The fourth-order valence-corrected chi connectivity index (χ4v) is 3.66. The molecule has 2 aromatic carbocycles. The lowest BCUT2D eigenvalue weighted by Gasteiger charge is -2.26. The van der Waals surface area contributed by atoms with Crippen LogP contribution in [0.1, 0.15) is 23.3 Å². The van der Waals surface area contributed by atoms with Gasteiger partial charge in [0.15, 0.2) is 0 Å². The molecular weight excluding hydrogens is 482 g/mol. The first kappa shape index (κ1) is 22.0. The standard InChI is InChI=1S/C20H16Cl4N6O/c21-15-3-1-13(9-17(15)23)19(11-29-25-5-6-26-29)31-20(12-30-27-7-8-28-30)14-2-4-16(22)18(24)10-14/h1-10,19-20H,11-12H2/t19-,20-/m0/s1. The zero-order chi connectivity index (χ0) is 21.8. The van der Waals surface area contributed by atoms with Crippen LogP contribution >= 0.6 is 46.4 Å². The monoisotopic (exact) mass is 496 g/mol. The molecule has 0 radical (unpaired) electrons. The van der Waals surface area contributed by atoms with E-state index in [-0.39, 0.29) is 0 Å². The first-order valence-corrected chi connectivity index (χ1v) is 10.7. The summed E-state index contributed by atoms with van der Waals surface area (Å²) >= 11 is 24.7. The van der Waals surface area contributed by atoms with Crippen molar-refractivity contribution in [2.45, 2.75) is 25.3 Å². The Bertz CT molecular complexity index is 1050. The number of rotatable bonds is 8. The minimum absolute atomic E-state index is 0.356. The fourth-order valence-electron chi connectivity index (χ4n) is 3.05. The van der Waals surface area contributed by atoms with Gasteiger partial charge in [0.2, 0.25) is 0 Å². The summed E-state index contributed by atoms with van der Waals surface area (Å²) in [4.78, 5) is 3.09. The third-order valence-electron chi connectivity index (χ3n) is 4.55. The topological polar surface area (TPSA) is 70.7 Å². The smallest absolute Gasteiger partial charge is 0.105 e. The van der Waals surface area contributed by atoms with E-state index in [0.29, 0.717) is 33.2 Å². The Kier molecular flexibility index (Phi) is 7.09. The van der Waals surface area contributed by atoms with Crippen LogP contribution < -0.4 is 0 Å². The Labute approximate surface area is 198 Å². The highest BCUT2D eigenvalue weighted by Crippen LogP contribution is 2.34. The Hall–Kier alpha value is -2.16. The van der Waals surface area contributed by atoms with Gasteiger partial charge in [-0.3, -0.25) is 0 Å². The summed E-state index contributed by atoms with van der Waals surface area (Å²) in [5, 5.41) is 18.6. The van der Waals surface area contributed by atoms with E-state index in [9.17, 15) is 0 Å². The molecule has 11 heteroatoms. The van der Waals surface area contributed by atoms with E-state index >= 15 is 0 Å². The van der Waals surface area contributed by atoms with Gasteiger partial charge >= 0.3 is 0 Å². The molecule has 7 nitrogen and oxygen atoms in total. The lowest BCUT2D eigenvalue weighted by atomic mass is 10.1. The summed E-state index contributed by atoms with van der Waals surface area (Å²) in [5.41, 5.74) is 1.65. The molecule has 2 atom stereocenters. The predicted octanol–water partition coefficient (Wildman–Crippen LogP) is 5.68. The number of aromatic nitrogens is 6.